The van der Waals surface area contributed by atoms with Crippen LogP contribution in [0.2, 0.25) is 0 Å². The van der Waals surface area contributed by atoms with Gasteiger partial charge in [0.1, 0.15) is 0 Å². The Hall–Kier alpha value is -1.20. The van der Waals surface area contributed by atoms with Crippen LogP contribution in [0, 0.1) is 5.41 Å². The van der Waals surface area contributed by atoms with Crippen molar-refractivity contribution in [3.8, 4) is 0 Å². The van der Waals surface area contributed by atoms with Crippen molar-refractivity contribution in [1.29, 1.82) is 0 Å². The van der Waals surface area contributed by atoms with E-state index in [1.165, 1.54) is 0 Å². The number of hydroxylamine groups is 1. The fraction of sp³-hybridized carbons (Fsp3) is 0.650. The molecule has 6 nitrogen and oxygen atoms in total. The monoisotopic (exact) mass is 399 g/mol. The minimum atomic E-state index is -3.55. The molecule has 7 heteroatoms. The Morgan fingerprint density at radius 2 is 1.52 bits per heavy atom. The highest BCUT2D eigenvalue weighted by molar-refractivity contribution is 7.76. The van der Waals surface area contributed by atoms with Crippen molar-refractivity contribution in [1.82, 2.24) is 5.32 Å². The zero-order valence-corrected chi connectivity index (χ0v) is 19.1. The van der Waals surface area contributed by atoms with Crippen LogP contribution in [0.1, 0.15) is 62.3 Å². The number of hydrogen-bond acceptors (Lipinski definition) is 5. The molecular formula is C20H36N2O4P+. The first kappa shape index (κ1) is 23.8. The summed E-state index contributed by atoms with van der Waals surface area (Å²) in [6.07, 6.45) is 7.53. The minimum Gasteiger partial charge on any atom is -0.623 e. The number of allylic oxidation sites excluding steroid dienone is 4. The Morgan fingerprint density at radius 1 is 1.04 bits per heavy atom. The summed E-state index contributed by atoms with van der Waals surface area (Å²) in [6, 6.07) is 0. The number of hydrogen-bond donors (Lipinski definition) is 1. The lowest BCUT2D eigenvalue weighted by Gasteiger charge is -2.32. The highest BCUT2D eigenvalue weighted by Crippen LogP contribution is 2.58. The number of nitrogens with zero attached hydrogens (tertiary/aromatic N) is 1. The van der Waals surface area contributed by atoms with Gasteiger partial charge in [-0.15, -0.1) is 0 Å². The molecule has 1 rings (SSSR count). The smallest absolute Gasteiger partial charge is 0.396 e. The Labute approximate surface area is 165 Å². The summed E-state index contributed by atoms with van der Waals surface area (Å²) in [7, 11) is -3.55. The van der Waals surface area contributed by atoms with Crippen LogP contribution in [0.3, 0.4) is 0 Å². The fourth-order valence-electron chi connectivity index (χ4n) is 2.64. The van der Waals surface area contributed by atoms with E-state index in [2.05, 4.69) is 5.32 Å². The topological polar surface area (TPSA) is 65.8 Å². The average molecular weight is 399 g/mol. The molecule has 0 saturated heterocycles. The third-order valence-corrected chi connectivity index (χ3v) is 6.25. The van der Waals surface area contributed by atoms with Crippen LogP contribution in [0.15, 0.2) is 35.9 Å². The van der Waals surface area contributed by atoms with Gasteiger partial charge >= 0.3 is 13.4 Å². The first-order valence-electron chi connectivity index (χ1n) is 9.42. The summed E-state index contributed by atoms with van der Waals surface area (Å²) in [4.78, 5) is 20.0. The lowest BCUT2D eigenvalue weighted by Crippen LogP contribution is -2.46. The largest absolute Gasteiger partial charge is 0.623 e. The van der Waals surface area contributed by atoms with E-state index in [-0.39, 0.29) is 13.2 Å². The third kappa shape index (κ3) is 6.42. The first-order chi connectivity index (χ1) is 12.4. The second-order valence-electron chi connectivity index (χ2n) is 8.31. The molecule has 0 aliphatic carbocycles. The van der Waals surface area contributed by atoms with Gasteiger partial charge in [0.05, 0.1) is 18.6 Å². The SMILES string of the molecule is CCO[P+]([O-])(OCC)C(=[N+](OC(C)=C1C=CNC=C1)C(C)(C)C)C(C)(C)C. The molecule has 0 unspecified atom stereocenters. The quantitative estimate of drug-likeness (QED) is 0.228. The minimum absolute atomic E-state index is 0.284. The lowest BCUT2D eigenvalue weighted by atomic mass is 9.97. The lowest BCUT2D eigenvalue weighted by molar-refractivity contribution is -0.819. The van der Waals surface area contributed by atoms with Gasteiger partial charge < -0.3 is 10.2 Å². The molecule has 0 atom stereocenters. The van der Waals surface area contributed by atoms with Crippen LogP contribution in [0.5, 0.6) is 0 Å². The van der Waals surface area contributed by atoms with Crippen molar-refractivity contribution in [3.63, 3.8) is 0 Å². The van der Waals surface area contributed by atoms with Gasteiger partial charge in [-0.25, -0.2) is 4.84 Å². The Kier molecular flexibility index (Phi) is 8.24. The summed E-state index contributed by atoms with van der Waals surface area (Å²) in [6.45, 7) is 18.1. The van der Waals surface area contributed by atoms with Crippen LogP contribution in [0.4, 0.5) is 0 Å². The standard InChI is InChI=1S/C20H36N2O4P/c1-10-24-27(23,25-11-2)18(19(4,5)6)22(20(7,8)9)26-16(3)17-12-14-21-15-13-17/h12-15,21H,10-11H2,1-9H3/q+1. The summed E-state index contributed by atoms with van der Waals surface area (Å²) < 4.78 is 13.1. The van der Waals surface area contributed by atoms with Gasteiger partial charge in [-0.2, -0.15) is 9.05 Å². The van der Waals surface area contributed by atoms with Crippen LogP contribution in [-0.2, 0) is 13.9 Å². The highest BCUT2D eigenvalue weighted by Gasteiger charge is 2.56. The van der Waals surface area contributed by atoms with Crippen molar-refractivity contribution in [2.75, 3.05) is 13.2 Å². The van der Waals surface area contributed by atoms with Gasteiger partial charge in [0, 0.05) is 50.4 Å². The average Bonchev–Trinajstić information content (AvgIpc) is 2.53. The van der Waals surface area contributed by atoms with Gasteiger partial charge in [0.2, 0.25) is 5.54 Å². The molecule has 1 aliphatic heterocycles. The Bertz CT molecular complexity index is 617. The summed E-state index contributed by atoms with van der Waals surface area (Å²) >= 11 is 0. The number of nitrogens with one attached hydrogen (secondary N) is 1. The van der Waals surface area contributed by atoms with E-state index in [0.717, 1.165) is 5.57 Å². The Balaban J connectivity index is 3.67. The van der Waals surface area contributed by atoms with Gasteiger partial charge in [-0.3, -0.25) is 0 Å². The summed E-state index contributed by atoms with van der Waals surface area (Å²) in [5, 5.41) is 3.00. The first-order valence-corrected chi connectivity index (χ1v) is 11.0. The van der Waals surface area contributed by atoms with Gasteiger partial charge in [0.25, 0.3) is 0 Å². The van der Waals surface area contributed by atoms with Crippen molar-refractivity contribution < 1.29 is 23.5 Å². The molecule has 1 aliphatic rings. The van der Waals surface area contributed by atoms with E-state index < -0.39 is 18.9 Å². The van der Waals surface area contributed by atoms with E-state index >= 15 is 0 Å². The molecule has 0 spiro atoms. The molecule has 0 aromatic heterocycles. The molecule has 27 heavy (non-hydrogen) atoms. The molecule has 1 N–H and O–H groups in total. The maximum atomic E-state index is 13.7. The van der Waals surface area contributed by atoms with Gasteiger partial charge in [0.15, 0.2) is 5.76 Å². The normalized spacial score (nSPS) is 16.1. The predicted octanol–water partition coefficient (Wildman–Crippen LogP) is 4.27. The summed E-state index contributed by atoms with van der Waals surface area (Å²) in [5.74, 6) is 0.695. The molecule has 0 fully saturated rings. The van der Waals surface area contributed by atoms with Crippen LogP contribution >= 0.6 is 7.94 Å². The number of dihydropyridines is 1. The zero-order chi connectivity index (χ0) is 20.9. The third-order valence-electron chi connectivity index (χ3n) is 3.68. The molecule has 154 valence electrons. The molecule has 0 amide bonds. The Morgan fingerprint density at radius 3 is 1.89 bits per heavy atom. The molecule has 1 heterocycles. The molecule has 0 aromatic rings. The van der Waals surface area contributed by atoms with E-state index in [1.54, 1.807) is 4.74 Å². The van der Waals surface area contributed by atoms with Crippen molar-refractivity contribution in [3.05, 3.63) is 35.9 Å². The second-order valence-corrected chi connectivity index (χ2v) is 10.2. The van der Waals surface area contributed by atoms with E-state index in [0.29, 0.717) is 11.2 Å². The number of rotatable bonds is 7. The second kappa shape index (κ2) is 9.33. The van der Waals surface area contributed by atoms with Crippen LogP contribution in [0.25, 0.3) is 0 Å². The summed E-state index contributed by atoms with van der Waals surface area (Å²) in [5.41, 5.74) is 0.457. The zero-order valence-electron chi connectivity index (χ0n) is 18.3. The van der Waals surface area contributed by atoms with Gasteiger partial charge in [-0.05, 0) is 46.8 Å². The predicted molar refractivity (Wildman–Crippen MR) is 110 cm³/mol. The fourth-order valence-corrected chi connectivity index (χ4v) is 5.02. The maximum Gasteiger partial charge on any atom is 0.396 e. The molecule has 0 bridgehead atoms. The van der Waals surface area contributed by atoms with Crippen LogP contribution < -0.4 is 10.2 Å². The van der Waals surface area contributed by atoms with Crippen molar-refractivity contribution in [2.24, 2.45) is 5.41 Å². The highest BCUT2D eigenvalue weighted by atomic mass is 31.2. The molecular weight excluding hydrogens is 363 g/mol. The van der Waals surface area contributed by atoms with Crippen molar-refractivity contribution in [2.45, 2.75) is 67.9 Å². The molecule has 0 aromatic carbocycles. The van der Waals surface area contributed by atoms with E-state index in [4.69, 9.17) is 13.9 Å². The van der Waals surface area contributed by atoms with E-state index in [1.807, 2.05) is 86.9 Å². The molecule has 0 saturated carbocycles. The maximum absolute atomic E-state index is 13.7. The van der Waals surface area contributed by atoms with Crippen LogP contribution in [-0.4, -0.2) is 28.9 Å². The van der Waals surface area contributed by atoms with Crippen molar-refractivity contribution >= 4 is 13.4 Å². The molecule has 0 radical (unpaired) electrons. The van der Waals surface area contributed by atoms with E-state index in [9.17, 15) is 4.89 Å². The van der Waals surface area contributed by atoms with Gasteiger partial charge in [-0.1, -0.05) is 0 Å².